The standard InChI is InChI=1S/3C20H26/c1-19(2,3)17-11-7-15(8-12-17)16-9-13-18(14-10-16)20(4,5)6;1-19(2,3)17-11-7-9-15(13-17)16-10-8-12-18(14-16)20(4,5)6;1-19(2,3)17-13-9-7-11-15(17)16-12-8-10-14-18(16)20(4,5)6/h3*7-14H,1-6H3. The molecule has 0 unspecified atom stereocenters. The van der Waals surface area contributed by atoms with Crippen LogP contribution in [0.3, 0.4) is 0 Å². The van der Waals surface area contributed by atoms with Crippen molar-refractivity contribution in [3.05, 3.63) is 179 Å². The van der Waals surface area contributed by atoms with Gasteiger partial charge in [-0.25, -0.2) is 0 Å². The summed E-state index contributed by atoms with van der Waals surface area (Å²) in [6.45, 7) is 40.8. The van der Waals surface area contributed by atoms with E-state index in [2.05, 4.69) is 270 Å². The highest BCUT2D eigenvalue weighted by molar-refractivity contribution is 5.73. The SMILES string of the molecule is CC(C)(C)c1ccc(-c2ccc(C(C)(C)C)cc2)cc1.CC(C)(C)c1cccc(-c2cccc(C(C)(C)C)c2)c1.CC(C)(C)c1ccccc1-c1ccccc1C(C)(C)C. The van der Waals surface area contributed by atoms with Crippen LogP contribution in [-0.4, -0.2) is 0 Å². The van der Waals surface area contributed by atoms with Crippen molar-refractivity contribution in [2.24, 2.45) is 0 Å². The number of rotatable bonds is 3. The van der Waals surface area contributed by atoms with E-state index in [4.69, 9.17) is 0 Å². The van der Waals surface area contributed by atoms with Gasteiger partial charge in [0.2, 0.25) is 0 Å². The predicted molar refractivity (Wildman–Crippen MR) is 268 cm³/mol. The molecule has 0 aliphatic rings. The summed E-state index contributed by atoms with van der Waals surface area (Å²) in [6, 6.07) is 53.3. The lowest BCUT2D eigenvalue weighted by atomic mass is 9.77. The van der Waals surface area contributed by atoms with E-state index in [0.717, 1.165) is 0 Å². The molecule has 318 valence electrons. The molecule has 0 atom stereocenters. The molecule has 6 aromatic rings. The minimum absolute atomic E-state index is 0.154. The zero-order valence-electron chi connectivity index (χ0n) is 40.9. The molecule has 6 rings (SSSR count). The lowest BCUT2D eigenvalue weighted by molar-refractivity contribution is 0.585. The molecule has 0 saturated heterocycles. The van der Waals surface area contributed by atoms with Gasteiger partial charge >= 0.3 is 0 Å². The quantitative estimate of drug-likeness (QED) is 0.167. The summed E-state index contributed by atoms with van der Waals surface area (Å²) in [7, 11) is 0. The van der Waals surface area contributed by atoms with Crippen molar-refractivity contribution < 1.29 is 0 Å². The Kier molecular flexibility index (Phi) is 14.8. The van der Waals surface area contributed by atoms with Crippen LogP contribution >= 0.6 is 0 Å². The Labute approximate surface area is 367 Å². The van der Waals surface area contributed by atoms with Crippen molar-refractivity contribution in [2.75, 3.05) is 0 Å². The highest BCUT2D eigenvalue weighted by Crippen LogP contribution is 2.39. The molecule has 0 amide bonds. The third kappa shape index (κ3) is 13.2. The first kappa shape index (κ1) is 48.0. The van der Waals surface area contributed by atoms with Crippen LogP contribution in [0.5, 0.6) is 0 Å². The first-order chi connectivity index (χ1) is 27.6. The van der Waals surface area contributed by atoms with E-state index >= 15 is 0 Å². The maximum absolute atomic E-state index is 2.32. The van der Waals surface area contributed by atoms with Gasteiger partial charge in [-0.1, -0.05) is 270 Å². The number of benzene rings is 6. The first-order valence-corrected chi connectivity index (χ1v) is 22.2. The van der Waals surface area contributed by atoms with E-state index in [1.807, 2.05) is 0 Å². The Bertz CT molecular complexity index is 2100. The van der Waals surface area contributed by atoms with Crippen LogP contribution in [0, 0.1) is 0 Å². The summed E-state index contributed by atoms with van der Waals surface area (Å²) >= 11 is 0. The van der Waals surface area contributed by atoms with Gasteiger partial charge in [0.1, 0.15) is 0 Å². The van der Waals surface area contributed by atoms with Crippen molar-refractivity contribution in [1.29, 1.82) is 0 Å². The van der Waals surface area contributed by atoms with Gasteiger partial charge in [0, 0.05) is 0 Å². The Morgan fingerprint density at radius 1 is 0.217 bits per heavy atom. The fourth-order valence-corrected chi connectivity index (χ4v) is 7.40. The van der Waals surface area contributed by atoms with Gasteiger partial charge in [-0.05, 0) is 99.3 Å². The van der Waals surface area contributed by atoms with Gasteiger partial charge in [0.25, 0.3) is 0 Å². The van der Waals surface area contributed by atoms with Gasteiger partial charge in [0.15, 0.2) is 0 Å². The molecule has 0 spiro atoms. The van der Waals surface area contributed by atoms with Gasteiger partial charge in [-0.15, -0.1) is 0 Å². The maximum atomic E-state index is 2.32. The summed E-state index contributed by atoms with van der Waals surface area (Å²) in [6.07, 6.45) is 0. The molecule has 0 aromatic heterocycles. The van der Waals surface area contributed by atoms with Crippen molar-refractivity contribution >= 4 is 0 Å². The molecule has 0 heteroatoms. The zero-order valence-corrected chi connectivity index (χ0v) is 40.9. The van der Waals surface area contributed by atoms with Crippen LogP contribution in [0.2, 0.25) is 0 Å². The summed E-state index contributed by atoms with van der Waals surface area (Å²) in [5, 5.41) is 0. The van der Waals surface area contributed by atoms with Gasteiger partial charge in [-0.3, -0.25) is 0 Å². The zero-order chi connectivity index (χ0) is 44.9. The second-order valence-corrected chi connectivity index (χ2v) is 22.9. The summed E-state index contributed by atoms with van der Waals surface area (Å²) in [5.74, 6) is 0. The fraction of sp³-hybridized carbons (Fsp3) is 0.400. The van der Waals surface area contributed by atoms with Crippen LogP contribution in [0.15, 0.2) is 146 Å². The van der Waals surface area contributed by atoms with E-state index in [1.54, 1.807) is 0 Å². The third-order valence-corrected chi connectivity index (χ3v) is 11.4. The van der Waals surface area contributed by atoms with Crippen molar-refractivity contribution in [1.82, 2.24) is 0 Å². The minimum atomic E-state index is 0.154. The van der Waals surface area contributed by atoms with E-state index in [1.165, 1.54) is 66.8 Å². The smallest absolute Gasteiger partial charge is 0.0126 e. The monoisotopic (exact) mass is 799 g/mol. The molecule has 0 nitrogen and oxygen atoms in total. The topological polar surface area (TPSA) is 0 Å². The number of hydrogen-bond donors (Lipinski definition) is 0. The molecular weight excluding hydrogens is 721 g/mol. The summed E-state index contributed by atoms with van der Waals surface area (Å²) in [4.78, 5) is 0. The average molecular weight is 799 g/mol. The van der Waals surface area contributed by atoms with Crippen molar-refractivity contribution in [2.45, 2.75) is 157 Å². The highest BCUT2D eigenvalue weighted by Gasteiger charge is 2.23. The Morgan fingerprint density at radius 3 is 0.767 bits per heavy atom. The molecule has 6 aromatic carbocycles. The summed E-state index contributed by atoms with van der Waals surface area (Å²) < 4.78 is 0. The summed E-state index contributed by atoms with van der Waals surface area (Å²) in [5.41, 5.74) is 17.4. The van der Waals surface area contributed by atoms with E-state index < -0.39 is 0 Å². The average Bonchev–Trinajstić information content (AvgIpc) is 3.17. The largest absolute Gasteiger partial charge is 0.0619 e. The number of hydrogen-bond acceptors (Lipinski definition) is 0. The van der Waals surface area contributed by atoms with Crippen LogP contribution < -0.4 is 0 Å². The van der Waals surface area contributed by atoms with Crippen LogP contribution in [0.1, 0.15) is 158 Å². The molecule has 0 saturated carbocycles. The van der Waals surface area contributed by atoms with Crippen LogP contribution in [0.25, 0.3) is 33.4 Å². The molecule has 0 bridgehead atoms. The second-order valence-electron chi connectivity index (χ2n) is 22.9. The molecule has 0 heterocycles. The highest BCUT2D eigenvalue weighted by atomic mass is 14.3. The third-order valence-electron chi connectivity index (χ3n) is 11.4. The van der Waals surface area contributed by atoms with Crippen molar-refractivity contribution in [3.63, 3.8) is 0 Å². The fourth-order valence-electron chi connectivity index (χ4n) is 7.40. The Hall–Kier alpha value is -4.68. The minimum Gasteiger partial charge on any atom is -0.0619 e. The first-order valence-electron chi connectivity index (χ1n) is 22.2. The maximum Gasteiger partial charge on any atom is -0.0126 e. The van der Waals surface area contributed by atoms with Crippen LogP contribution in [-0.2, 0) is 32.5 Å². The van der Waals surface area contributed by atoms with Gasteiger partial charge < -0.3 is 0 Å². The van der Waals surface area contributed by atoms with Gasteiger partial charge in [0.05, 0.1) is 0 Å². The predicted octanol–water partition coefficient (Wildman–Crippen LogP) is 17.8. The molecule has 0 N–H and O–H groups in total. The van der Waals surface area contributed by atoms with Gasteiger partial charge in [-0.2, -0.15) is 0 Å². The molecule has 0 fully saturated rings. The molecule has 0 aliphatic heterocycles. The second kappa shape index (κ2) is 18.5. The van der Waals surface area contributed by atoms with E-state index in [-0.39, 0.29) is 32.5 Å². The lowest BCUT2D eigenvalue weighted by Gasteiger charge is -2.27. The molecule has 0 radical (unpaired) electrons. The normalized spacial score (nSPS) is 12.5. The Balaban J connectivity index is 0.000000198. The van der Waals surface area contributed by atoms with E-state index in [9.17, 15) is 0 Å². The molecular formula is C60H78. The lowest BCUT2D eigenvalue weighted by Crippen LogP contribution is -2.16. The van der Waals surface area contributed by atoms with E-state index in [0.29, 0.717) is 0 Å². The molecule has 60 heavy (non-hydrogen) atoms. The van der Waals surface area contributed by atoms with Crippen molar-refractivity contribution in [3.8, 4) is 33.4 Å². The molecule has 0 aliphatic carbocycles. The van der Waals surface area contributed by atoms with Crippen LogP contribution in [0.4, 0.5) is 0 Å². The Morgan fingerprint density at radius 2 is 0.500 bits per heavy atom.